The molecule has 3 rings (SSSR count). The van der Waals surface area contributed by atoms with Gasteiger partial charge in [0.15, 0.2) is 0 Å². The molecule has 2 heterocycles. The Bertz CT molecular complexity index is 470. The highest BCUT2D eigenvalue weighted by Gasteiger charge is 2.29. The number of rotatable bonds is 3. The van der Waals surface area contributed by atoms with Crippen LogP contribution in [-0.4, -0.2) is 50.3 Å². The van der Waals surface area contributed by atoms with Gasteiger partial charge in [0.25, 0.3) is 0 Å². The Hall–Kier alpha value is -1.39. The summed E-state index contributed by atoms with van der Waals surface area (Å²) >= 11 is 0. The minimum Gasteiger partial charge on any atom is -0.381 e. The Morgan fingerprint density at radius 1 is 1.09 bits per heavy atom. The number of nitrogens with zero attached hydrogens (tertiary/aromatic N) is 1. The molecule has 1 atom stereocenters. The highest BCUT2D eigenvalue weighted by Crippen LogP contribution is 2.20. The van der Waals surface area contributed by atoms with Gasteiger partial charge >= 0.3 is 0 Å². The van der Waals surface area contributed by atoms with Crippen LogP contribution in [0.4, 0.5) is 0 Å². The van der Waals surface area contributed by atoms with E-state index in [2.05, 4.69) is 24.3 Å². The molecule has 0 bridgehead atoms. The van der Waals surface area contributed by atoms with Crippen molar-refractivity contribution in [2.24, 2.45) is 11.8 Å². The number of amides is 1. The van der Waals surface area contributed by atoms with Crippen LogP contribution >= 0.6 is 0 Å². The summed E-state index contributed by atoms with van der Waals surface area (Å²) in [5, 5.41) is 0. The molecular weight excluding hydrogens is 278 g/mol. The van der Waals surface area contributed by atoms with Gasteiger partial charge in [0, 0.05) is 38.1 Å². The molecule has 0 aliphatic carbocycles. The molecule has 4 heteroatoms. The molecule has 0 aromatic heterocycles. The fourth-order valence-corrected chi connectivity index (χ4v) is 3.35. The maximum atomic E-state index is 12.7. The largest absolute Gasteiger partial charge is 0.381 e. The maximum absolute atomic E-state index is 12.7. The van der Waals surface area contributed by atoms with Gasteiger partial charge in [-0.05, 0) is 24.8 Å². The van der Waals surface area contributed by atoms with Gasteiger partial charge in [-0.3, -0.25) is 4.79 Å². The summed E-state index contributed by atoms with van der Waals surface area (Å²) in [6.45, 7) is 4.36. The summed E-state index contributed by atoms with van der Waals surface area (Å²) in [5.74, 6) is 0.824. The zero-order valence-corrected chi connectivity index (χ0v) is 13.1. The fraction of sp³-hybridized carbons (Fsp3) is 0.611. The molecule has 22 heavy (non-hydrogen) atoms. The Morgan fingerprint density at radius 2 is 1.86 bits per heavy atom. The second-order valence-corrected chi connectivity index (χ2v) is 6.30. The van der Waals surface area contributed by atoms with Crippen molar-refractivity contribution in [2.45, 2.75) is 19.3 Å². The Labute approximate surface area is 132 Å². The summed E-state index contributed by atoms with van der Waals surface area (Å²) in [6.07, 6.45) is 2.69. The minimum absolute atomic E-state index is 0.143. The van der Waals surface area contributed by atoms with Crippen LogP contribution in [0.5, 0.6) is 0 Å². The zero-order valence-electron chi connectivity index (χ0n) is 13.1. The first-order valence-corrected chi connectivity index (χ1v) is 8.31. The van der Waals surface area contributed by atoms with Gasteiger partial charge in [0.1, 0.15) is 0 Å². The van der Waals surface area contributed by atoms with Gasteiger partial charge in [-0.15, -0.1) is 0 Å². The fourth-order valence-electron chi connectivity index (χ4n) is 3.35. The first-order chi connectivity index (χ1) is 10.8. The highest BCUT2D eigenvalue weighted by atomic mass is 16.5. The first-order valence-electron chi connectivity index (χ1n) is 8.31. The van der Waals surface area contributed by atoms with E-state index in [0.717, 1.165) is 39.0 Å². The summed E-state index contributed by atoms with van der Waals surface area (Å²) in [5.41, 5.74) is 1.32. The van der Waals surface area contributed by atoms with Crippen molar-refractivity contribution in [1.29, 1.82) is 0 Å². The normalized spacial score (nSPS) is 24.0. The molecule has 4 nitrogen and oxygen atoms in total. The molecule has 0 spiro atoms. The van der Waals surface area contributed by atoms with Gasteiger partial charge in [-0.25, -0.2) is 0 Å². The summed E-state index contributed by atoms with van der Waals surface area (Å²) in [4.78, 5) is 14.7. The average Bonchev–Trinajstić information content (AvgIpc) is 2.81. The van der Waals surface area contributed by atoms with Crippen LogP contribution in [0.1, 0.15) is 18.4 Å². The third kappa shape index (κ3) is 4.08. The SMILES string of the molecule is O=C(C1CCOCC1)N1CCOC[C@@H](Cc2ccccc2)C1. The van der Waals surface area contributed by atoms with Crippen LogP contribution in [-0.2, 0) is 20.7 Å². The summed E-state index contributed by atoms with van der Waals surface area (Å²) in [7, 11) is 0. The summed E-state index contributed by atoms with van der Waals surface area (Å²) < 4.78 is 11.1. The second kappa shape index (κ2) is 7.75. The molecule has 2 fully saturated rings. The lowest BCUT2D eigenvalue weighted by Crippen LogP contribution is -2.41. The van der Waals surface area contributed by atoms with Gasteiger partial charge < -0.3 is 14.4 Å². The lowest BCUT2D eigenvalue weighted by molar-refractivity contribution is -0.138. The number of ether oxygens (including phenoxy) is 2. The quantitative estimate of drug-likeness (QED) is 0.858. The topological polar surface area (TPSA) is 38.8 Å². The molecule has 1 aromatic carbocycles. The van der Waals surface area contributed by atoms with Crippen LogP contribution < -0.4 is 0 Å². The molecule has 0 unspecified atom stereocenters. The predicted molar refractivity (Wildman–Crippen MR) is 84.6 cm³/mol. The van der Waals surface area contributed by atoms with Crippen molar-refractivity contribution in [3.05, 3.63) is 35.9 Å². The zero-order chi connectivity index (χ0) is 15.2. The van der Waals surface area contributed by atoms with Crippen molar-refractivity contribution < 1.29 is 14.3 Å². The van der Waals surface area contributed by atoms with E-state index in [1.54, 1.807) is 0 Å². The summed E-state index contributed by atoms with van der Waals surface area (Å²) in [6, 6.07) is 10.5. The van der Waals surface area contributed by atoms with E-state index in [4.69, 9.17) is 9.47 Å². The molecular formula is C18H25NO3. The van der Waals surface area contributed by atoms with E-state index in [-0.39, 0.29) is 5.92 Å². The lowest BCUT2D eigenvalue weighted by atomic mass is 9.96. The van der Waals surface area contributed by atoms with E-state index < -0.39 is 0 Å². The minimum atomic E-state index is 0.143. The molecule has 2 saturated heterocycles. The monoisotopic (exact) mass is 303 g/mol. The standard InChI is InChI=1S/C18H25NO3/c20-18(17-6-9-21-10-7-17)19-8-11-22-14-16(13-19)12-15-4-2-1-3-5-15/h1-5,16-17H,6-14H2/t16-/m0/s1. The van der Waals surface area contributed by atoms with E-state index in [9.17, 15) is 4.79 Å². The number of benzene rings is 1. The van der Waals surface area contributed by atoms with Gasteiger partial charge in [-0.1, -0.05) is 30.3 Å². The van der Waals surface area contributed by atoms with Crippen LogP contribution in [0, 0.1) is 11.8 Å². The molecule has 120 valence electrons. The van der Waals surface area contributed by atoms with Crippen molar-refractivity contribution in [2.75, 3.05) is 39.5 Å². The van der Waals surface area contributed by atoms with Crippen LogP contribution in [0.2, 0.25) is 0 Å². The lowest BCUT2D eigenvalue weighted by Gasteiger charge is -2.29. The van der Waals surface area contributed by atoms with Crippen LogP contribution in [0.25, 0.3) is 0 Å². The molecule has 1 aromatic rings. The first kappa shape index (κ1) is 15.5. The van der Waals surface area contributed by atoms with Crippen molar-refractivity contribution >= 4 is 5.91 Å². The number of hydrogen-bond donors (Lipinski definition) is 0. The van der Waals surface area contributed by atoms with Gasteiger partial charge in [-0.2, -0.15) is 0 Å². The Balaban J connectivity index is 1.60. The predicted octanol–water partition coefficient (Wildman–Crippen LogP) is 2.13. The number of hydrogen-bond acceptors (Lipinski definition) is 3. The smallest absolute Gasteiger partial charge is 0.225 e. The molecule has 0 N–H and O–H groups in total. The third-order valence-electron chi connectivity index (χ3n) is 4.59. The Kier molecular flexibility index (Phi) is 5.46. The molecule has 2 aliphatic heterocycles. The average molecular weight is 303 g/mol. The number of carbonyl (C=O) groups is 1. The molecule has 2 aliphatic rings. The highest BCUT2D eigenvalue weighted by molar-refractivity contribution is 5.79. The van der Waals surface area contributed by atoms with E-state index in [0.29, 0.717) is 31.6 Å². The van der Waals surface area contributed by atoms with Gasteiger partial charge in [0.2, 0.25) is 5.91 Å². The van der Waals surface area contributed by atoms with E-state index in [1.165, 1.54) is 5.56 Å². The van der Waals surface area contributed by atoms with Crippen LogP contribution in [0.3, 0.4) is 0 Å². The van der Waals surface area contributed by atoms with Gasteiger partial charge in [0.05, 0.1) is 13.2 Å². The second-order valence-electron chi connectivity index (χ2n) is 6.30. The van der Waals surface area contributed by atoms with E-state index in [1.807, 2.05) is 11.0 Å². The molecule has 0 saturated carbocycles. The van der Waals surface area contributed by atoms with E-state index >= 15 is 0 Å². The maximum Gasteiger partial charge on any atom is 0.225 e. The molecule has 0 radical (unpaired) electrons. The Morgan fingerprint density at radius 3 is 2.64 bits per heavy atom. The third-order valence-corrected chi connectivity index (χ3v) is 4.59. The number of carbonyl (C=O) groups excluding carboxylic acids is 1. The molecule has 1 amide bonds. The van der Waals surface area contributed by atoms with Crippen molar-refractivity contribution in [1.82, 2.24) is 4.90 Å². The van der Waals surface area contributed by atoms with Crippen molar-refractivity contribution in [3.63, 3.8) is 0 Å². The van der Waals surface area contributed by atoms with Crippen LogP contribution in [0.15, 0.2) is 30.3 Å². The van der Waals surface area contributed by atoms with Crippen molar-refractivity contribution in [3.8, 4) is 0 Å².